The Morgan fingerprint density at radius 3 is 2.70 bits per heavy atom. The van der Waals surface area contributed by atoms with Crippen LogP contribution in [0, 0.1) is 0 Å². The van der Waals surface area contributed by atoms with Crippen LogP contribution in [0.5, 0.6) is 0 Å². The van der Waals surface area contributed by atoms with Gasteiger partial charge in [-0.3, -0.25) is 4.90 Å². The quantitative estimate of drug-likeness (QED) is 0.812. The molecule has 1 aromatic carbocycles. The van der Waals surface area contributed by atoms with Crippen molar-refractivity contribution < 1.29 is 24.2 Å². The molecule has 0 aliphatic carbocycles. The van der Waals surface area contributed by atoms with E-state index < -0.39 is 17.6 Å². The van der Waals surface area contributed by atoms with Crippen molar-refractivity contribution in [2.45, 2.75) is 37.8 Å². The van der Waals surface area contributed by atoms with Gasteiger partial charge in [0, 0.05) is 13.2 Å². The van der Waals surface area contributed by atoms with Crippen LogP contribution in [0.4, 0.5) is 4.79 Å². The van der Waals surface area contributed by atoms with Gasteiger partial charge in [-0.2, -0.15) is 0 Å². The Balaban J connectivity index is 2.08. The topological polar surface area (TPSA) is 76.1 Å². The maximum absolute atomic E-state index is 12.5. The number of methoxy groups -OCH3 is 1. The minimum absolute atomic E-state index is 0.0361. The van der Waals surface area contributed by atoms with Crippen LogP contribution >= 0.6 is 0 Å². The number of hydrogen-bond donors (Lipinski definition) is 1. The van der Waals surface area contributed by atoms with Gasteiger partial charge in [0.05, 0.1) is 7.11 Å². The van der Waals surface area contributed by atoms with E-state index in [-0.39, 0.29) is 13.2 Å². The van der Waals surface area contributed by atoms with Gasteiger partial charge in [-0.1, -0.05) is 30.3 Å². The van der Waals surface area contributed by atoms with E-state index in [4.69, 9.17) is 14.6 Å². The molecule has 6 heteroatoms. The lowest BCUT2D eigenvalue weighted by Gasteiger charge is -2.35. The molecule has 1 aromatic rings. The average Bonchev–Trinajstić information content (AvgIpc) is 3.03. The summed E-state index contributed by atoms with van der Waals surface area (Å²) >= 11 is 0. The van der Waals surface area contributed by atoms with Crippen molar-refractivity contribution >= 4 is 12.1 Å². The second-order valence-corrected chi connectivity index (χ2v) is 5.65. The van der Waals surface area contributed by atoms with E-state index in [9.17, 15) is 9.59 Å². The van der Waals surface area contributed by atoms with Gasteiger partial charge in [-0.15, -0.1) is 0 Å². The highest BCUT2D eigenvalue weighted by Gasteiger charge is 2.50. The summed E-state index contributed by atoms with van der Waals surface area (Å²) in [7, 11) is 1.31. The van der Waals surface area contributed by atoms with Gasteiger partial charge in [0.1, 0.15) is 12.1 Å². The van der Waals surface area contributed by atoms with Gasteiger partial charge in [0.25, 0.3) is 0 Å². The Morgan fingerprint density at radius 2 is 2.04 bits per heavy atom. The molecule has 1 saturated heterocycles. The predicted octanol–water partition coefficient (Wildman–Crippen LogP) is 2.10. The minimum atomic E-state index is -1.02. The molecule has 1 aliphatic rings. The number of ether oxygens (including phenoxy) is 2. The van der Waals surface area contributed by atoms with Crippen LogP contribution in [0.3, 0.4) is 0 Å². The average molecular weight is 321 g/mol. The fraction of sp³-hybridized carbons (Fsp3) is 0.529. The molecule has 0 saturated carbocycles. The summed E-state index contributed by atoms with van der Waals surface area (Å²) in [6.45, 7) is 0.577. The lowest BCUT2D eigenvalue weighted by Crippen LogP contribution is -2.53. The predicted molar refractivity (Wildman–Crippen MR) is 83.6 cm³/mol. The lowest BCUT2D eigenvalue weighted by molar-refractivity contribution is -0.153. The maximum Gasteiger partial charge on any atom is 0.411 e. The number of hydrogen-bond acceptors (Lipinski definition) is 5. The second kappa shape index (κ2) is 7.97. The fourth-order valence-corrected chi connectivity index (χ4v) is 3.08. The van der Waals surface area contributed by atoms with Crippen molar-refractivity contribution in [3.63, 3.8) is 0 Å². The highest BCUT2D eigenvalue weighted by molar-refractivity contribution is 5.86. The van der Waals surface area contributed by atoms with Crippen LogP contribution < -0.4 is 0 Å². The zero-order valence-electron chi connectivity index (χ0n) is 13.4. The van der Waals surface area contributed by atoms with Gasteiger partial charge in [-0.25, -0.2) is 9.59 Å². The van der Waals surface area contributed by atoms with Crippen LogP contribution in [0.2, 0.25) is 0 Å². The third-order valence-corrected chi connectivity index (χ3v) is 4.23. The molecule has 1 heterocycles. The van der Waals surface area contributed by atoms with Crippen LogP contribution in [0.25, 0.3) is 0 Å². The Bertz CT molecular complexity index is 533. The largest absolute Gasteiger partial charge is 0.467 e. The second-order valence-electron chi connectivity index (χ2n) is 5.65. The van der Waals surface area contributed by atoms with Gasteiger partial charge in [0.15, 0.2) is 0 Å². The lowest BCUT2D eigenvalue weighted by atomic mass is 9.90. The summed E-state index contributed by atoms with van der Waals surface area (Å²) in [5.74, 6) is -0.444. The number of likely N-dealkylation sites (tertiary alicyclic amines) is 1. The highest BCUT2D eigenvalue weighted by Crippen LogP contribution is 2.35. The number of carbonyl (C=O) groups excluding carboxylic acids is 2. The Morgan fingerprint density at radius 1 is 1.30 bits per heavy atom. The first-order chi connectivity index (χ1) is 11.1. The third-order valence-electron chi connectivity index (χ3n) is 4.23. The number of carbonyl (C=O) groups is 2. The van der Waals surface area contributed by atoms with Gasteiger partial charge < -0.3 is 14.6 Å². The number of aliphatic hydroxyl groups excluding tert-OH is 1. The summed E-state index contributed by atoms with van der Waals surface area (Å²) in [6, 6.07) is 9.38. The molecule has 1 amide bonds. The van der Waals surface area contributed by atoms with E-state index in [1.54, 1.807) is 0 Å². The van der Waals surface area contributed by atoms with E-state index in [0.717, 1.165) is 5.56 Å². The first-order valence-electron chi connectivity index (χ1n) is 7.81. The molecule has 1 N–H and O–H groups in total. The standard InChI is InChI=1S/C17H23NO5/c1-22-15(20)17(10-6-12-19)9-5-11-18(17)16(21)23-13-14-7-3-2-4-8-14/h2-4,7-8,19H,5-6,9-13H2,1H3. The third kappa shape index (κ3) is 3.82. The van der Waals surface area contributed by atoms with Crippen molar-refractivity contribution in [2.24, 2.45) is 0 Å². The summed E-state index contributed by atoms with van der Waals surface area (Å²) in [5.41, 5.74) is -0.135. The zero-order chi connectivity index (χ0) is 16.7. The molecule has 2 rings (SSSR count). The van der Waals surface area contributed by atoms with E-state index in [1.807, 2.05) is 30.3 Å². The van der Waals surface area contributed by atoms with E-state index in [0.29, 0.717) is 32.2 Å². The minimum Gasteiger partial charge on any atom is -0.467 e. The molecular formula is C17H23NO5. The zero-order valence-corrected chi connectivity index (χ0v) is 13.4. The normalized spacial score (nSPS) is 20.3. The van der Waals surface area contributed by atoms with Crippen LogP contribution in [-0.4, -0.2) is 47.9 Å². The maximum atomic E-state index is 12.5. The summed E-state index contributed by atoms with van der Waals surface area (Å²) < 4.78 is 10.3. The molecule has 1 unspecified atom stereocenters. The molecule has 1 aliphatic heterocycles. The van der Waals surface area contributed by atoms with E-state index in [1.165, 1.54) is 12.0 Å². The SMILES string of the molecule is COC(=O)C1(CCCO)CCCN1C(=O)OCc1ccccc1. The number of rotatable bonds is 6. The summed E-state index contributed by atoms with van der Waals surface area (Å²) in [5, 5.41) is 9.09. The molecule has 0 radical (unpaired) electrons. The molecule has 0 spiro atoms. The van der Waals surface area contributed by atoms with Gasteiger partial charge in [-0.05, 0) is 31.2 Å². The Labute approximate surface area is 136 Å². The molecule has 6 nitrogen and oxygen atoms in total. The molecule has 23 heavy (non-hydrogen) atoms. The van der Waals surface area contributed by atoms with Crippen LogP contribution in [0.1, 0.15) is 31.2 Å². The van der Waals surface area contributed by atoms with Crippen LogP contribution in [-0.2, 0) is 20.9 Å². The molecule has 126 valence electrons. The van der Waals surface area contributed by atoms with Crippen molar-refractivity contribution in [3.05, 3.63) is 35.9 Å². The first-order valence-corrected chi connectivity index (χ1v) is 7.81. The number of nitrogens with zero attached hydrogens (tertiary/aromatic N) is 1. The highest BCUT2D eigenvalue weighted by atomic mass is 16.6. The van der Waals surface area contributed by atoms with Crippen molar-refractivity contribution in [1.82, 2.24) is 4.90 Å². The number of aliphatic hydroxyl groups is 1. The molecular weight excluding hydrogens is 298 g/mol. The molecule has 1 fully saturated rings. The molecule has 0 aromatic heterocycles. The monoisotopic (exact) mass is 321 g/mol. The summed E-state index contributed by atoms with van der Waals surface area (Å²) in [4.78, 5) is 26.2. The Hall–Kier alpha value is -2.08. The van der Waals surface area contributed by atoms with Gasteiger partial charge in [0.2, 0.25) is 0 Å². The first kappa shape index (κ1) is 17.3. The van der Waals surface area contributed by atoms with E-state index >= 15 is 0 Å². The summed E-state index contributed by atoms with van der Waals surface area (Å²) in [6.07, 6.45) is 1.52. The number of benzene rings is 1. The molecule has 1 atom stereocenters. The van der Waals surface area contributed by atoms with Crippen LogP contribution in [0.15, 0.2) is 30.3 Å². The van der Waals surface area contributed by atoms with Crippen molar-refractivity contribution in [2.75, 3.05) is 20.3 Å². The number of esters is 1. The van der Waals surface area contributed by atoms with Gasteiger partial charge >= 0.3 is 12.1 Å². The van der Waals surface area contributed by atoms with Crippen molar-refractivity contribution in [3.8, 4) is 0 Å². The smallest absolute Gasteiger partial charge is 0.411 e. The molecule has 0 bridgehead atoms. The van der Waals surface area contributed by atoms with E-state index in [2.05, 4.69) is 0 Å². The Kier molecular flexibility index (Phi) is 5.98. The van der Waals surface area contributed by atoms with Crippen molar-refractivity contribution in [1.29, 1.82) is 0 Å². The fourth-order valence-electron chi connectivity index (χ4n) is 3.08. The number of amides is 1.